The summed E-state index contributed by atoms with van der Waals surface area (Å²) >= 11 is 1.91. The molecule has 1 aromatic rings. The lowest BCUT2D eigenvalue weighted by Crippen LogP contribution is -2.09. The molecule has 0 atom stereocenters. The molecule has 74 valence electrons. The topological polar surface area (TPSA) is 92.5 Å². The predicted octanol–water partition coefficient (Wildman–Crippen LogP) is 2.29. The van der Waals surface area contributed by atoms with E-state index in [-0.39, 0.29) is 11.4 Å². The smallest absolute Gasteiger partial charge is 0.409 e. The maximum absolute atomic E-state index is 10.5. The van der Waals surface area contributed by atoms with Gasteiger partial charge in [0.2, 0.25) is 0 Å². The fourth-order valence-corrected chi connectivity index (χ4v) is 1.35. The molecule has 0 unspecified atom stereocenters. The molecule has 2 N–H and O–H groups in total. The van der Waals surface area contributed by atoms with Gasteiger partial charge in [0.05, 0.1) is 4.92 Å². The van der Waals surface area contributed by atoms with Gasteiger partial charge in [-0.05, 0) is 34.7 Å². The monoisotopic (exact) mass is 308 g/mol. The minimum atomic E-state index is -1.32. The number of carboxylic acid groups (broad SMARTS) is 1. The molecular formula is C7H5IN2O4. The van der Waals surface area contributed by atoms with Crippen molar-refractivity contribution in [1.82, 2.24) is 0 Å². The number of anilines is 1. The Morgan fingerprint density at radius 2 is 2.21 bits per heavy atom. The molecule has 6 nitrogen and oxygen atoms in total. The Kier molecular flexibility index (Phi) is 3.23. The van der Waals surface area contributed by atoms with Crippen molar-refractivity contribution in [3.63, 3.8) is 0 Å². The molecule has 0 saturated carbocycles. The van der Waals surface area contributed by atoms with E-state index in [1.807, 2.05) is 27.9 Å². The molecule has 0 aliphatic heterocycles. The maximum Gasteiger partial charge on any atom is 0.409 e. The molecule has 0 saturated heterocycles. The third-order valence-corrected chi connectivity index (χ3v) is 2.07. The fourth-order valence-electron chi connectivity index (χ4n) is 0.877. The lowest BCUT2D eigenvalue weighted by molar-refractivity contribution is -0.384. The van der Waals surface area contributed by atoms with Crippen molar-refractivity contribution in [1.29, 1.82) is 0 Å². The molecule has 0 fully saturated rings. The van der Waals surface area contributed by atoms with Gasteiger partial charge in [0.15, 0.2) is 0 Å². The van der Waals surface area contributed by atoms with Crippen LogP contribution in [-0.4, -0.2) is 16.1 Å². The molecule has 0 spiro atoms. The molecule has 0 aliphatic carbocycles. The average molecular weight is 308 g/mol. The van der Waals surface area contributed by atoms with Crippen molar-refractivity contribution in [2.24, 2.45) is 0 Å². The van der Waals surface area contributed by atoms with E-state index in [1.54, 1.807) is 6.07 Å². The molecule has 1 rings (SSSR count). The first-order chi connectivity index (χ1) is 6.50. The van der Waals surface area contributed by atoms with Crippen LogP contribution in [0, 0.1) is 13.7 Å². The zero-order chi connectivity index (χ0) is 10.7. The minimum absolute atomic E-state index is 0.0251. The minimum Gasteiger partial charge on any atom is -0.465 e. The van der Waals surface area contributed by atoms with Gasteiger partial charge in [0, 0.05) is 9.64 Å². The Balaban J connectivity index is 3.14. The van der Waals surface area contributed by atoms with E-state index in [2.05, 4.69) is 0 Å². The second kappa shape index (κ2) is 4.22. The third-order valence-electron chi connectivity index (χ3n) is 1.40. The fraction of sp³-hybridized carbons (Fsp3) is 0. The number of nitrogens with one attached hydrogen (secondary N) is 1. The van der Waals surface area contributed by atoms with E-state index in [4.69, 9.17) is 5.11 Å². The summed E-state index contributed by atoms with van der Waals surface area (Å²) in [6.07, 6.45) is -1.32. The van der Waals surface area contributed by atoms with Crippen molar-refractivity contribution in [2.45, 2.75) is 0 Å². The quantitative estimate of drug-likeness (QED) is 0.498. The Bertz CT molecular complexity index is 393. The van der Waals surface area contributed by atoms with Crippen LogP contribution in [0.3, 0.4) is 0 Å². The summed E-state index contributed by atoms with van der Waals surface area (Å²) in [4.78, 5) is 20.2. The van der Waals surface area contributed by atoms with E-state index in [9.17, 15) is 14.9 Å². The molecule has 1 aromatic carbocycles. The first kappa shape index (κ1) is 10.7. The highest BCUT2D eigenvalue weighted by atomic mass is 127. The summed E-state index contributed by atoms with van der Waals surface area (Å²) < 4.78 is 0.672. The van der Waals surface area contributed by atoms with E-state index in [1.165, 1.54) is 12.1 Å². The number of benzene rings is 1. The van der Waals surface area contributed by atoms with Crippen LogP contribution >= 0.6 is 22.6 Å². The summed E-state index contributed by atoms with van der Waals surface area (Å²) in [5, 5.41) is 20.9. The van der Waals surface area contributed by atoms with E-state index < -0.39 is 11.0 Å². The van der Waals surface area contributed by atoms with Gasteiger partial charge in [0.25, 0.3) is 5.69 Å². The molecule has 1 amide bonds. The molecule has 0 aromatic heterocycles. The molecule has 0 heterocycles. The van der Waals surface area contributed by atoms with Crippen LogP contribution in [0.4, 0.5) is 16.2 Å². The molecule has 7 heteroatoms. The number of nitro groups is 1. The summed E-state index contributed by atoms with van der Waals surface area (Å²) in [5.74, 6) is 0. The molecule has 0 radical (unpaired) electrons. The van der Waals surface area contributed by atoms with Gasteiger partial charge in [-0.25, -0.2) is 4.79 Å². The van der Waals surface area contributed by atoms with Crippen LogP contribution < -0.4 is 5.32 Å². The first-order valence-electron chi connectivity index (χ1n) is 3.44. The highest BCUT2D eigenvalue weighted by molar-refractivity contribution is 14.1. The van der Waals surface area contributed by atoms with Gasteiger partial charge >= 0.3 is 6.09 Å². The van der Waals surface area contributed by atoms with Gasteiger partial charge < -0.3 is 5.11 Å². The number of hydrogen-bond donors (Lipinski definition) is 2. The van der Waals surface area contributed by atoms with Crippen molar-refractivity contribution in [3.8, 4) is 0 Å². The third kappa shape index (κ3) is 2.55. The van der Waals surface area contributed by atoms with E-state index in [0.717, 1.165) is 0 Å². The summed E-state index contributed by atoms with van der Waals surface area (Å²) in [6, 6.07) is 4.23. The largest absolute Gasteiger partial charge is 0.465 e. The molecule has 0 aliphatic rings. The van der Waals surface area contributed by atoms with Crippen LogP contribution in [0.1, 0.15) is 0 Å². The van der Waals surface area contributed by atoms with Crippen molar-refractivity contribution < 1.29 is 14.8 Å². The van der Waals surface area contributed by atoms with Gasteiger partial charge in [-0.3, -0.25) is 15.4 Å². The lowest BCUT2D eigenvalue weighted by atomic mass is 10.3. The van der Waals surface area contributed by atoms with Gasteiger partial charge in [0.1, 0.15) is 5.69 Å². The SMILES string of the molecule is O=C(O)Nc1ccc(I)cc1[N+](=O)[O-]. The summed E-state index contributed by atoms with van der Waals surface area (Å²) in [5.41, 5.74) is -0.276. The second-order valence-electron chi connectivity index (χ2n) is 2.35. The van der Waals surface area contributed by atoms with Crippen LogP contribution in [0.15, 0.2) is 18.2 Å². The van der Waals surface area contributed by atoms with Crippen LogP contribution in [0.5, 0.6) is 0 Å². The second-order valence-corrected chi connectivity index (χ2v) is 3.59. The maximum atomic E-state index is 10.5. The lowest BCUT2D eigenvalue weighted by Gasteiger charge is -2.01. The molecule has 14 heavy (non-hydrogen) atoms. The number of carbonyl (C=O) groups is 1. The number of amides is 1. The van der Waals surface area contributed by atoms with Crippen LogP contribution in [-0.2, 0) is 0 Å². The number of nitro benzene ring substituents is 1. The van der Waals surface area contributed by atoms with Gasteiger partial charge in [-0.1, -0.05) is 0 Å². The van der Waals surface area contributed by atoms with Gasteiger partial charge in [-0.2, -0.15) is 0 Å². The van der Waals surface area contributed by atoms with Crippen molar-refractivity contribution in [3.05, 3.63) is 31.9 Å². The average Bonchev–Trinajstić information content (AvgIpc) is 2.07. The zero-order valence-electron chi connectivity index (χ0n) is 6.73. The van der Waals surface area contributed by atoms with Crippen molar-refractivity contribution in [2.75, 3.05) is 5.32 Å². The highest BCUT2D eigenvalue weighted by Gasteiger charge is 2.15. The van der Waals surface area contributed by atoms with E-state index in [0.29, 0.717) is 3.57 Å². The number of halogens is 1. The van der Waals surface area contributed by atoms with Crippen LogP contribution in [0.25, 0.3) is 0 Å². The number of rotatable bonds is 2. The normalized spacial score (nSPS) is 9.50. The summed E-state index contributed by atoms with van der Waals surface area (Å²) in [6.45, 7) is 0. The van der Waals surface area contributed by atoms with E-state index >= 15 is 0 Å². The number of nitrogens with zero attached hydrogens (tertiary/aromatic N) is 1. The Labute approximate surface area is 92.2 Å². The predicted molar refractivity (Wildman–Crippen MR) is 57.5 cm³/mol. The zero-order valence-corrected chi connectivity index (χ0v) is 8.89. The Morgan fingerprint density at radius 3 is 2.71 bits per heavy atom. The Hall–Kier alpha value is -1.38. The molecular weight excluding hydrogens is 303 g/mol. The summed E-state index contributed by atoms with van der Waals surface area (Å²) in [7, 11) is 0. The van der Waals surface area contributed by atoms with Crippen molar-refractivity contribution >= 4 is 40.1 Å². The van der Waals surface area contributed by atoms with Gasteiger partial charge in [-0.15, -0.1) is 0 Å². The standard InChI is InChI=1S/C7H5IN2O4/c8-4-1-2-5(9-7(11)12)6(3-4)10(13)14/h1-3,9H,(H,11,12). The first-order valence-corrected chi connectivity index (χ1v) is 4.52. The Morgan fingerprint density at radius 1 is 1.57 bits per heavy atom. The van der Waals surface area contributed by atoms with Crippen LogP contribution in [0.2, 0.25) is 0 Å². The highest BCUT2D eigenvalue weighted by Crippen LogP contribution is 2.25. The molecule has 0 bridgehead atoms. The number of hydrogen-bond acceptors (Lipinski definition) is 3.